The number of hydrogen-bond donors (Lipinski definition) is 1. The van der Waals surface area contributed by atoms with Crippen LogP contribution in [0.5, 0.6) is 0 Å². The third-order valence-corrected chi connectivity index (χ3v) is 2.94. The van der Waals surface area contributed by atoms with Crippen molar-refractivity contribution in [2.24, 2.45) is 0 Å². The molecular weight excluding hydrogens is 236 g/mol. The van der Waals surface area contributed by atoms with Gasteiger partial charge in [0.1, 0.15) is 4.90 Å². The minimum atomic E-state index is -4.13. The topological polar surface area (TPSA) is 54.4 Å². The molecule has 0 aliphatic rings. The normalized spacial score (nSPS) is 10.8. The Labute approximate surface area is 102 Å². The van der Waals surface area contributed by atoms with Crippen LogP contribution >= 0.6 is 0 Å². The van der Waals surface area contributed by atoms with Crippen LogP contribution in [0.2, 0.25) is 0 Å². The molecule has 0 fully saturated rings. The molecule has 0 atom stereocenters. The molecule has 0 radical (unpaired) electrons. The Morgan fingerprint density at radius 1 is 1.00 bits per heavy atom. The van der Waals surface area contributed by atoms with Crippen molar-refractivity contribution in [1.82, 2.24) is 0 Å². The molecule has 0 saturated carbocycles. The molecule has 0 aliphatic carbocycles. The molecule has 92 valence electrons. The van der Waals surface area contributed by atoms with Gasteiger partial charge in [0, 0.05) is 5.39 Å². The molecule has 3 nitrogen and oxygen atoms in total. The summed E-state index contributed by atoms with van der Waals surface area (Å²) in [5.41, 5.74) is 0. The van der Waals surface area contributed by atoms with E-state index in [-0.39, 0.29) is 4.90 Å². The van der Waals surface area contributed by atoms with Crippen molar-refractivity contribution < 1.29 is 13.0 Å². The van der Waals surface area contributed by atoms with Gasteiger partial charge in [-0.25, -0.2) is 0 Å². The molecule has 0 aliphatic heterocycles. The molecule has 2 aromatic carbocycles. The summed E-state index contributed by atoms with van der Waals surface area (Å²) < 4.78 is 31.0. The van der Waals surface area contributed by atoms with E-state index in [1.54, 1.807) is 30.3 Å². The van der Waals surface area contributed by atoms with Crippen LogP contribution in [-0.4, -0.2) is 13.0 Å². The first-order valence-electron chi connectivity index (χ1n) is 5.46. The van der Waals surface area contributed by atoms with Crippen LogP contribution in [0.1, 0.15) is 20.3 Å². The second-order valence-electron chi connectivity index (χ2n) is 3.66. The molecule has 0 bridgehead atoms. The third kappa shape index (κ3) is 3.54. The fourth-order valence-corrected chi connectivity index (χ4v) is 2.13. The van der Waals surface area contributed by atoms with Crippen molar-refractivity contribution in [1.29, 1.82) is 0 Å². The van der Waals surface area contributed by atoms with E-state index < -0.39 is 10.1 Å². The predicted octanol–water partition coefficient (Wildman–Crippen LogP) is 3.50. The zero-order valence-electron chi connectivity index (χ0n) is 9.92. The SMILES string of the molecule is CCC.O=S(=O)(O)c1cccc2ccccc12. The van der Waals surface area contributed by atoms with Gasteiger partial charge < -0.3 is 0 Å². The molecule has 2 rings (SSSR count). The first kappa shape index (κ1) is 13.7. The first-order chi connectivity index (χ1) is 8.00. The minimum absolute atomic E-state index is 0.0457. The Morgan fingerprint density at radius 2 is 1.53 bits per heavy atom. The van der Waals surface area contributed by atoms with Crippen LogP contribution in [0, 0.1) is 0 Å². The fraction of sp³-hybridized carbons (Fsp3) is 0.231. The van der Waals surface area contributed by atoms with Gasteiger partial charge in [0.15, 0.2) is 0 Å². The molecule has 4 heteroatoms. The lowest BCUT2D eigenvalue weighted by Crippen LogP contribution is -1.98. The highest BCUT2D eigenvalue weighted by atomic mass is 32.2. The number of fused-ring (bicyclic) bond motifs is 1. The summed E-state index contributed by atoms with van der Waals surface area (Å²) >= 11 is 0. The molecule has 1 N–H and O–H groups in total. The maximum Gasteiger partial charge on any atom is 0.295 e. The number of rotatable bonds is 1. The molecular formula is C13H16O3S. The van der Waals surface area contributed by atoms with Crippen molar-refractivity contribution in [3.8, 4) is 0 Å². The Hall–Kier alpha value is -1.39. The summed E-state index contributed by atoms with van der Waals surface area (Å²) in [7, 11) is -4.13. The summed E-state index contributed by atoms with van der Waals surface area (Å²) in [6, 6.07) is 11.8. The quantitative estimate of drug-likeness (QED) is 0.790. The summed E-state index contributed by atoms with van der Waals surface area (Å²) in [6.45, 7) is 4.25. The molecule has 0 spiro atoms. The van der Waals surface area contributed by atoms with Gasteiger partial charge in [-0.15, -0.1) is 0 Å². The minimum Gasteiger partial charge on any atom is -0.282 e. The summed E-state index contributed by atoms with van der Waals surface area (Å²) in [6.07, 6.45) is 1.25. The average molecular weight is 252 g/mol. The van der Waals surface area contributed by atoms with Crippen molar-refractivity contribution in [2.75, 3.05) is 0 Å². The van der Waals surface area contributed by atoms with Gasteiger partial charge in [-0.05, 0) is 11.5 Å². The van der Waals surface area contributed by atoms with Crippen LogP contribution in [0.15, 0.2) is 47.4 Å². The summed E-state index contributed by atoms with van der Waals surface area (Å²) in [4.78, 5) is -0.0457. The summed E-state index contributed by atoms with van der Waals surface area (Å²) in [5, 5.41) is 1.33. The van der Waals surface area contributed by atoms with Gasteiger partial charge >= 0.3 is 0 Å². The average Bonchev–Trinajstić information content (AvgIpc) is 2.28. The summed E-state index contributed by atoms with van der Waals surface area (Å²) in [5.74, 6) is 0. The van der Waals surface area contributed by atoms with Crippen LogP contribution in [0.3, 0.4) is 0 Å². The lowest BCUT2D eigenvalue weighted by atomic mass is 10.1. The van der Waals surface area contributed by atoms with Gasteiger partial charge in [-0.2, -0.15) is 8.42 Å². The van der Waals surface area contributed by atoms with E-state index in [2.05, 4.69) is 13.8 Å². The van der Waals surface area contributed by atoms with Gasteiger partial charge in [0.25, 0.3) is 10.1 Å². The molecule has 0 heterocycles. The maximum atomic E-state index is 11.0. The zero-order chi connectivity index (χ0) is 12.9. The third-order valence-electron chi connectivity index (χ3n) is 2.03. The molecule has 0 saturated heterocycles. The van der Waals surface area contributed by atoms with Crippen molar-refractivity contribution in [2.45, 2.75) is 25.2 Å². The molecule has 0 unspecified atom stereocenters. The van der Waals surface area contributed by atoms with E-state index in [1.165, 1.54) is 12.5 Å². The molecule has 0 aromatic heterocycles. The first-order valence-corrected chi connectivity index (χ1v) is 6.90. The van der Waals surface area contributed by atoms with E-state index in [9.17, 15) is 8.42 Å². The van der Waals surface area contributed by atoms with Crippen molar-refractivity contribution in [3.05, 3.63) is 42.5 Å². The number of benzene rings is 2. The van der Waals surface area contributed by atoms with Crippen LogP contribution in [-0.2, 0) is 10.1 Å². The Morgan fingerprint density at radius 3 is 2.12 bits per heavy atom. The smallest absolute Gasteiger partial charge is 0.282 e. The van der Waals surface area contributed by atoms with Gasteiger partial charge in [0.2, 0.25) is 0 Å². The number of hydrogen-bond acceptors (Lipinski definition) is 2. The van der Waals surface area contributed by atoms with E-state index in [0.717, 1.165) is 5.39 Å². The highest BCUT2D eigenvalue weighted by molar-refractivity contribution is 7.86. The maximum absolute atomic E-state index is 11.0. The van der Waals surface area contributed by atoms with Crippen LogP contribution < -0.4 is 0 Å². The van der Waals surface area contributed by atoms with Crippen molar-refractivity contribution in [3.63, 3.8) is 0 Å². The predicted molar refractivity (Wildman–Crippen MR) is 69.7 cm³/mol. The van der Waals surface area contributed by atoms with Crippen LogP contribution in [0.25, 0.3) is 10.8 Å². The monoisotopic (exact) mass is 252 g/mol. The zero-order valence-corrected chi connectivity index (χ0v) is 10.7. The van der Waals surface area contributed by atoms with E-state index >= 15 is 0 Å². The van der Waals surface area contributed by atoms with Crippen molar-refractivity contribution >= 4 is 20.9 Å². The second kappa shape index (κ2) is 5.80. The highest BCUT2D eigenvalue weighted by Crippen LogP contribution is 2.21. The van der Waals surface area contributed by atoms with Gasteiger partial charge in [0.05, 0.1) is 0 Å². The highest BCUT2D eigenvalue weighted by Gasteiger charge is 2.12. The Kier molecular flexibility index (Phi) is 4.66. The van der Waals surface area contributed by atoms with E-state index in [0.29, 0.717) is 5.39 Å². The fourth-order valence-electron chi connectivity index (χ4n) is 1.42. The lowest BCUT2D eigenvalue weighted by molar-refractivity contribution is 0.484. The standard InChI is InChI=1S/C10H8O3S.C3H8/c11-14(12,13)10-7-3-5-8-4-1-2-6-9(8)10;1-3-2/h1-7H,(H,11,12,13);3H2,1-2H3. The van der Waals surface area contributed by atoms with Crippen LogP contribution in [0.4, 0.5) is 0 Å². The molecule has 2 aromatic rings. The Bertz CT molecular complexity index is 583. The molecule has 17 heavy (non-hydrogen) atoms. The van der Waals surface area contributed by atoms with E-state index in [4.69, 9.17) is 4.55 Å². The van der Waals surface area contributed by atoms with Gasteiger partial charge in [-0.1, -0.05) is 56.7 Å². The molecule has 0 amide bonds. The second-order valence-corrected chi connectivity index (χ2v) is 5.05. The van der Waals surface area contributed by atoms with E-state index in [1.807, 2.05) is 6.07 Å². The lowest BCUT2D eigenvalue weighted by Gasteiger charge is -2.02. The largest absolute Gasteiger partial charge is 0.295 e. The van der Waals surface area contributed by atoms with Gasteiger partial charge in [-0.3, -0.25) is 4.55 Å². The Balaban J connectivity index is 0.000000437.